The zero-order valence-electron chi connectivity index (χ0n) is 12.8. The Morgan fingerprint density at radius 2 is 1.42 bits per heavy atom. The van der Waals surface area contributed by atoms with Crippen LogP contribution in [-0.2, 0) is 0 Å². The van der Waals surface area contributed by atoms with Crippen LogP contribution < -0.4 is 10.9 Å². The van der Waals surface area contributed by atoms with Gasteiger partial charge in [-0.1, -0.05) is 43.0 Å². The lowest BCUT2D eigenvalue weighted by Crippen LogP contribution is -2.35. The van der Waals surface area contributed by atoms with Crippen LogP contribution in [0.5, 0.6) is 11.5 Å². The molecule has 5 heteroatoms. The fourth-order valence-electron chi connectivity index (χ4n) is 2.41. The van der Waals surface area contributed by atoms with Gasteiger partial charge in [-0.2, -0.15) is 0 Å². The van der Waals surface area contributed by atoms with Gasteiger partial charge in [0.25, 0.3) is 5.91 Å². The van der Waals surface area contributed by atoms with E-state index in [2.05, 4.69) is 17.4 Å². The zero-order valence-corrected chi connectivity index (χ0v) is 12.8. The lowest BCUT2D eigenvalue weighted by molar-refractivity contribution is 0.0940. The average molecular weight is 320 g/mol. The van der Waals surface area contributed by atoms with Gasteiger partial charge in [0.2, 0.25) is 0 Å². The minimum atomic E-state index is -0.505. The van der Waals surface area contributed by atoms with Crippen molar-refractivity contribution in [2.75, 3.05) is 0 Å². The number of amides is 1. The molecule has 0 spiro atoms. The van der Waals surface area contributed by atoms with Gasteiger partial charge in [0.05, 0.1) is 11.3 Å². The molecule has 1 amide bonds. The molecule has 0 unspecified atom stereocenters. The van der Waals surface area contributed by atoms with Gasteiger partial charge in [0, 0.05) is 5.56 Å². The van der Waals surface area contributed by atoms with Crippen molar-refractivity contribution in [3.05, 3.63) is 78.4 Å². The van der Waals surface area contributed by atoms with Crippen molar-refractivity contribution < 1.29 is 15.0 Å². The lowest BCUT2D eigenvalue weighted by atomic mass is 10.1. The number of hydrogen-bond donors (Lipinski definition) is 4. The van der Waals surface area contributed by atoms with E-state index in [0.29, 0.717) is 11.3 Å². The molecule has 0 aliphatic carbocycles. The van der Waals surface area contributed by atoms with Gasteiger partial charge in [-0.05, 0) is 35.0 Å². The molecule has 120 valence electrons. The number of hydrogen-bond acceptors (Lipinski definition) is 4. The van der Waals surface area contributed by atoms with Gasteiger partial charge >= 0.3 is 0 Å². The van der Waals surface area contributed by atoms with Crippen LogP contribution in [0, 0.1) is 0 Å². The monoisotopic (exact) mass is 320 g/mol. The molecular weight excluding hydrogens is 304 g/mol. The molecule has 4 N–H and O–H groups in total. The van der Waals surface area contributed by atoms with E-state index in [-0.39, 0.29) is 17.1 Å². The number of benzene rings is 3. The minimum Gasteiger partial charge on any atom is -0.507 e. The summed E-state index contributed by atoms with van der Waals surface area (Å²) >= 11 is 0. The van der Waals surface area contributed by atoms with Gasteiger partial charge in [-0.25, -0.2) is 0 Å². The smallest absolute Gasteiger partial charge is 0.273 e. The van der Waals surface area contributed by atoms with Crippen LogP contribution in [0.25, 0.3) is 16.5 Å². The summed E-state index contributed by atoms with van der Waals surface area (Å²) < 4.78 is 0. The molecule has 0 saturated carbocycles. The maximum absolute atomic E-state index is 12.3. The normalized spacial score (nSPS) is 10.3. The van der Waals surface area contributed by atoms with Crippen LogP contribution in [-0.4, -0.2) is 16.1 Å². The quantitative estimate of drug-likeness (QED) is 0.557. The molecule has 3 aromatic carbocycles. The van der Waals surface area contributed by atoms with Crippen LogP contribution in [0.15, 0.2) is 67.2 Å². The Morgan fingerprint density at radius 1 is 0.792 bits per heavy atom. The number of hydrazine groups is 1. The first kappa shape index (κ1) is 15.4. The summed E-state index contributed by atoms with van der Waals surface area (Å²) in [6.07, 6.45) is 0. The molecule has 0 saturated heterocycles. The number of aromatic hydroxyl groups is 2. The Bertz CT molecular complexity index is 935. The van der Waals surface area contributed by atoms with Gasteiger partial charge in [-0.15, -0.1) is 0 Å². The first-order valence-electron chi connectivity index (χ1n) is 7.31. The molecule has 5 nitrogen and oxygen atoms in total. The number of para-hydroxylation sites is 1. The third-order valence-corrected chi connectivity index (χ3v) is 3.66. The Labute approximate surface area is 138 Å². The van der Waals surface area contributed by atoms with Crippen LogP contribution in [0.4, 0.5) is 0 Å². The standard InChI is InChI=1S/C19H16N2O3/c1-12(15-8-4-5-9-17(15)22)20-21-19(24)16-10-13-6-2-3-7-14(13)11-18(16)23/h2-11,20,22-23H,1H2,(H,21,24). The maximum atomic E-state index is 12.3. The fourth-order valence-corrected chi connectivity index (χ4v) is 2.41. The van der Waals surface area contributed by atoms with Crippen molar-refractivity contribution >= 4 is 22.4 Å². The van der Waals surface area contributed by atoms with Crippen molar-refractivity contribution in [3.8, 4) is 11.5 Å². The first-order chi connectivity index (χ1) is 11.6. The molecule has 3 rings (SSSR count). The summed E-state index contributed by atoms with van der Waals surface area (Å²) in [6, 6.07) is 17.2. The molecule has 0 bridgehead atoms. The van der Waals surface area contributed by atoms with Crippen molar-refractivity contribution in [3.63, 3.8) is 0 Å². The van der Waals surface area contributed by atoms with Crippen LogP contribution in [0.3, 0.4) is 0 Å². The largest absolute Gasteiger partial charge is 0.507 e. The number of rotatable bonds is 4. The van der Waals surface area contributed by atoms with Gasteiger partial charge in [-0.3, -0.25) is 15.6 Å². The van der Waals surface area contributed by atoms with Gasteiger partial charge < -0.3 is 10.2 Å². The molecule has 0 aliphatic heterocycles. The summed E-state index contributed by atoms with van der Waals surface area (Å²) in [6.45, 7) is 3.78. The van der Waals surface area contributed by atoms with Gasteiger partial charge in [0.15, 0.2) is 0 Å². The molecule has 0 atom stereocenters. The number of carbonyl (C=O) groups excluding carboxylic acids is 1. The SMILES string of the molecule is C=C(NNC(=O)c1cc2ccccc2cc1O)c1ccccc1O. The van der Waals surface area contributed by atoms with Crippen molar-refractivity contribution in [1.29, 1.82) is 0 Å². The predicted octanol–water partition coefficient (Wildman–Crippen LogP) is 3.16. The minimum absolute atomic E-state index is 0.0535. The Morgan fingerprint density at radius 3 is 2.12 bits per heavy atom. The summed E-state index contributed by atoms with van der Waals surface area (Å²) in [7, 11) is 0. The number of phenolic OH excluding ortho intramolecular Hbond substituents is 2. The van der Waals surface area contributed by atoms with Crippen molar-refractivity contribution in [1.82, 2.24) is 10.9 Å². The number of carbonyl (C=O) groups is 1. The highest BCUT2D eigenvalue weighted by atomic mass is 16.3. The highest BCUT2D eigenvalue weighted by Gasteiger charge is 2.13. The molecule has 3 aromatic rings. The predicted molar refractivity (Wildman–Crippen MR) is 93.4 cm³/mol. The van der Waals surface area contributed by atoms with Gasteiger partial charge in [0.1, 0.15) is 11.5 Å². The first-order valence-corrected chi connectivity index (χ1v) is 7.31. The second kappa shape index (κ2) is 6.34. The Hall–Kier alpha value is -3.47. The fraction of sp³-hybridized carbons (Fsp3) is 0. The van der Waals surface area contributed by atoms with E-state index in [0.717, 1.165) is 10.8 Å². The second-order valence-corrected chi connectivity index (χ2v) is 5.29. The van der Waals surface area contributed by atoms with Crippen LogP contribution >= 0.6 is 0 Å². The molecule has 0 radical (unpaired) electrons. The zero-order chi connectivity index (χ0) is 17.1. The van der Waals surface area contributed by atoms with Crippen molar-refractivity contribution in [2.24, 2.45) is 0 Å². The molecule has 0 aromatic heterocycles. The Kier molecular flexibility index (Phi) is 4.07. The summed E-state index contributed by atoms with van der Waals surface area (Å²) in [5, 5.41) is 21.5. The summed E-state index contributed by atoms with van der Waals surface area (Å²) in [5.74, 6) is -0.561. The van der Waals surface area contributed by atoms with Crippen molar-refractivity contribution in [2.45, 2.75) is 0 Å². The third-order valence-electron chi connectivity index (χ3n) is 3.66. The van der Waals surface area contributed by atoms with E-state index in [4.69, 9.17) is 0 Å². The molecule has 0 fully saturated rings. The summed E-state index contributed by atoms with van der Waals surface area (Å²) in [4.78, 5) is 12.3. The molecular formula is C19H16N2O3. The van der Waals surface area contributed by atoms with E-state index < -0.39 is 5.91 Å². The Balaban J connectivity index is 1.77. The van der Waals surface area contributed by atoms with E-state index >= 15 is 0 Å². The maximum Gasteiger partial charge on any atom is 0.273 e. The summed E-state index contributed by atoms with van der Waals surface area (Å²) in [5.41, 5.74) is 6.07. The number of fused-ring (bicyclic) bond motifs is 1. The lowest BCUT2D eigenvalue weighted by Gasteiger charge is -2.13. The molecule has 0 heterocycles. The highest BCUT2D eigenvalue weighted by Crippen LogP contribution is 2.25. The topological polar surface area (TPSA) is 81.6 Å². The third kappa shape index (κ3) is 3.01. The second-order valence-electron chi connectivity index (χ2n) is 5.29. The van der Waals surface area contributed by atoms with E-state index in [1.54, 1.807) is 30.3 Å². The van der Waals surface area contributed by atoms with Crippen LogP contribution in [0.2, 0.25) is 0 Å². The van der Waals surface area contributed by atoms with E-state index in [1.165, 1.54) is 6.07 Å². The number of nitrogens with one attached hydrogen (secondary N) is 2. The van der Waals surface area contributed by atoms with E-state index in [9.17, 15) is 15.0 Å². The van der Waals surface area contributed by atoms with Crippen LogP contribution in [0.1, 0.15) is 15.9 Å². The average Bonchev–Trinajstić information content (AvgIpc) is 2.59. The highest BCUT2D eigenvalue weighted by molar-refractivity contribution is 6.01. The molecule has 0 aliphatic rings. The number of phenols is 2. The molecule has 24 heavy (non-hydrogen) atoms. The van der Waals surface area contributed by atoms with E-state index in [1.807, 2.05) is 24.3 Å².